The number of aromatic nitrogens is 2. The van der Waals surface area contributed by atoms with Gasteiger partial charge in [-0.05, 0) is 37.6 Å². The highest BCUT2D eigenvalue weighted by atomic mass is 19.1. The number of nitrogen functional groups attached to an aromatic ring is 1. The number of nitrogens with one attached hydrogen (secondary N) is 1. The minimum absolute atomic E-state index is 0.227. The first-order valence-electron chi connectivity index (χ1n) is 5.18. The Bertz CT molecular complexity index is 554. The van der Waals surface area contributed by atoms with Gasteiger partial charge in [-0.15, -0.1) is 0 Å². The van der Waals surface area contributed by atoms with Gasteiger partial charge >= 0.3 is 0 Å². The highest BCUT2D eigenvalue weighted by Gasteiger charge is 2.05. The second-order valence-corrected chi connectivity index (χ2v) is 3.82. The molecule has 0 atom stereocenters. The monoisotopic (exact) mass is 232 g/mol. The van der Waals surface area contributed by atoms with Crippen molar-refractivity contribution in [1.82, 2.24) is 9.97 Å². The molecule has 1 heterocycles. The number of nitrogens with zero attached hydrogens (tertiary/aromatic N) is 2. The van der Waals surface area contributed by atoms with Crippen molar-refractivity contribution in [1.29, 1.82) is 0 Å². The summed E-state index contributed by atoms with van der Waals surface area (Å²) in [4.78, 5) is 7.97. The molecule has 0 fully saturated rings. The first-order valence-corrected chi connectivity index (χ1v) is 5.18. The van der Waals surface area contributed by atoms with Crippen LogP contribution in [0.1, 0.15) is 11.1 Å². The maximum absolute atomic E-state index is 13.1. The fourth-order valence-electron chi connectivity index (χ4n) is 1.45. The number of nitrogens with two attached hydrogens (primary N) is 1. The number of halogens is 1. The Morgan fingerprint density at radius 3 is 2.71 bits per heavy atom. The predicted molar refractivity (Wildman–Crippen MR) is 65.6 cm³/mol. The van der Waals surface area contributed by atoms with Gasteiger partial charge < -0.3 is 11.1 Å². The number of anilines is 3. The lowest BCUT2D eigenvalue weighted by molar-refractivity contribution is 0.619. The van der Waals surface area contributed by atoms with E-state index in [1.54, 1.807) is 19.1 Å². The number of hydrogen-bond acceptors (Lipinski definition) is 4. The van der Waals surface area contributed by atoms with Gasteiger partial charge in [-0.3, -0.25) is 0 Å². The lowest BCUT2D eigenvalue weighted by Crippen LogP contribution is -2.02. The zero-order valence-electron chi connectivity index (χ0n) is 9.66. The van der Waals surface area contributed by atoms with E-state index in [2.05, 4.69) is 15.3 Å². The predicted octanol–water partition coefficient (Wildman–Crippen LogP) is 2.56. The maximum Gasteiger partial charge on any atom is 0.138 e. The highest BCUT2D eigenvalue weighted by molar-refractivity contribution is 5.63. The SMILES string of the molecule is Cc1cc(Nc2ncnc(N)c2C)ccc1F. The first-order chi connectivity index (χ1) is 8.08. The van der Waals surface area contributed by atoms with Crippen LogP contribution >= 0.6 is 0 Å². The quantitative estimate of drug-likeness (QED) is 0.835. The minimum Gasteiger partial charge on any atom is -0.383 e. The number of benzene rings is 1. The van der Waals surface area contributed by atoms with Crippen LogP contribution in [-0.2, 0) is 0 Å². The van der Waals surface area contributed by atoms with Crippen LogP contribution in [0.3, 0.4) is 0 Å². The van der Waals surface area contributed by atoms with Crippen molar-refractivity contribution in [2.45, 2.75) is 13.8 Å². The van der Waals surface area contributed by atoms with Gasteiger partial charge in [0, 0.05) is 11.3 Å². The fourth-order valence-corrected chi connectivity index (χ4v) is 1.45. The fraction of sp³-hybridized carbons (Fsp3) is 0.167. The third-order valence-electron chi connectivity index (χ3n) is 2.54. The summed E-state index contributed by atoms with van der Waals surface area (Å²) in [5, 5.41) is 3.08. The van der Waals surface area contributed by atoms with Crippen LogP contribution < -0.4 is 11.1 Å². The van der Waals surface area contributed by atoms with Crippen molar-refractivity contribution in [2.24, 2.45) is 0 Å². The molecule has 88 valence electrons. The van der Waals surface area contributed by atoms with Gasteiger partial charge in [-0.25, -0.2) is 14.4 Å². The zero-order chi connectivity index (χ0) is 12.4. The second-order valence-electron chi connectivity index (χ2n) is 3.82. The first kappa shape index (κ1) is 11.3. The summed E-state index contributed by atoms with van der Waals surface area (Å²) in [6.45, 7) is 3.54. The number of rotatable bonds is 2. The molecule has 0 aliphatic heterocycles. The van der Waals surface area contributed by atoms with Crippen molar-refractivity contribution < 1.29 is 4.39 Å². The third kappa shape index (κ3) is 2.33. The van der Waals surface area contributed by atoms with Gasteiger partial charge in [0.05, 0.1) is 0 Å². The largest absolute Gasteiger partial charge is 0.383 e. The number of hydrogen-bond donors (Lipinski definition) is 2. The summed E-state index contributed by atoms with van der Waals surface area (Å²) in [5.74, 6) is 0.833. The van der Waals surface area contributed by atoms with Crippen LogP contribution in [-0.4, -0.2) is 9.97 Å². The molecule has 0 amide bonds. The Balaban J connectivity index is 2.31. The van der Waals surface area contributed by atoms with Crippen molar-refractivity contribution in [3.05, 3.63) is 41.5 Å². The van der Waals surface area contributed by atoms with Crippen molar-refractivity contribution in [3.63, 3.8) is 0 Å². The van der Waals surface area contributed by atoms with Gasteiger partial charge in [0.25, 0.3) is 0 Å². The van der Waals surface area contributed by atoms with E-state index in [0.717, 1.165) is 11.3 Å². The molecule has 2 rings (SSSR count). The van der Waals surface area contributed by atoms with E-state index in [9.17, 15) is 4.39 Å². The summed E-state index contributed by atoms with van der Waals surface area (Å²) in [6, 6.07) is 4.78. The molecule has 0 unspecified atom stereocenters. The Hall–Kier alpha value is -2.17. The van der Waals surface area contributed by atoms with E-state index in [1.807, 2.05) is 6.92 Å². The Morgan fingerprint density at radius 1 is 1.24 bits per heavy atom. The lowest BCUT2D eigenvalue weighted by Gasteiger charge is -2.10. The van der Waals surface area contributed by atoms with Gasteiger partial charge in [-0.2, -0.15) is 0 Å². The maximum atomic E-state index is 13.1. The molecule has 3 N–H and O–H groups in total. The van der Waals surface area contributed by atoms with E-state index in [0.29, 0.717) is 17.2 Å². The van der Waals surface area contributed by atoms with Crippen LogP contribution in [0.15, 0.2) is 24.5 Å². The molecule has 17 heavy (non-hydrogen) atoms. The molecule has 1 aromatic heterocycles. The molecule has 0 aliphatic rings. The molecule has 0 aliphatic carbocycles. The summed E-state index contributed by atoms with van der Waals surface area (Å²) >= 11 is 0. The molecule has 2 aromatic rings. The Morgan fingerprint density at radius 2 is 2.00 bits per heavy atom. The van der Waals surface area contributed by atoms with Gasteiger partial charge in [0.2, 0.25) is 0 Å². The van der Waals surface area contributed by atoms with E-state index in [4.69, 9.17) is 5.73 Å². The van der Waals surface area contributed by atoms with Crippen LogP contribution in [0.2, 0.25) is 0 Å². The second kappa shape index (κ2) is 4.37. The number of aryl methyl sites for hydroxylation is 1. The van der Waals surface area contributed by atoms with Crippen LogP contribution in [0, 0.1) is 19.7 Å². The summed E-state index contributed by atoms with van der Waals surface area (Å²) in [6.07, 6.45) is 1.39. The molecular formula is C12H13FN4. The molecule has 0 bridgehead atoms. The highest BCUT2D eigenvalue weighted by Crippen LogP contribution is 2.21. The summed E-state index contributed by atoms with van der Waals surface area (Å²) < 4.78 is 13.1. The smallest absolute Gasteiger partial charge is 0.138 e. The molecule has 0 radical (unpaired) electrons. The average molecular weight is 232 g/mol. The van der Waals surface area contributed by atoms with Gasteiger partial charge in [-0.1, -0.05) is 0 Å². The van der Waals surface area contributed by atoms with E-state index in [1.165, 1.54) is 12.4 Å². The van der Waals surface area contributed by atoms with Crippen molar-refractivity contribution in [2.75, 3.05) is 11.1 Å². The van der Waals surface area contributed by atoms with Crippen molar-refractivity contribution in [3.8, 4) is 0 Å². The van der Waals surface area contributed by atoms with Crippen LogP contribution in [0.25, 0.3) is 0 Å². The molecule has 0 saturated carbocycles. The standard InChI is InChI=1S/C12H13FN4/c1-7-5-9(3-4-10(7)13)17-12-8(2)11(14)15-6-16-12/h3-6H,1-2H3,(H3,14,15,16,17). The summed E-state index contributed by atoms with van der Waals surface area (Å²) in [7, 11) is 0. The Labute approximate surface area is 98.7 Å². The van der Waals surface area contributed by atoms with Gasteiger partial charge in [0.1, 0.15) is 23.8 Å². The lowest BCUT2D eigenvalue weighted by atomic mass is 10.2. The van der Waals surface area contributed by atoms with Crippen LogP contribution in [0.5, 0.6) is 0 Å². The topological polar surface area (TPSA) is 63.8 Å². The molecule has 1 aromatic carbocycles. The molecule has 0 saturated heterocycles. The van der Waals surface area contributed by atoms with Crippen molar-refractivity contribution >= 4 is 17.3 Å². The molecule has 5 heteroatoms. The normalized spacial score (nSPS) is 10.3. The van der Waals surface area contributed by atoms with Gasteiger partial charge in [0.15, 0.2) is 0 Å². The minimum atomic E-state index is -0.227. The van der Waals surface area contributed by atoms with E-state index < -0.39 is 0 Å². The molecule has 0 spiro atoms. The average Bonchev–Trinajstić information content (AvgIpc) is 2.30. The van der Waals surface area contributed by atoms with E-state index >= 15 is 0 Å². The van der Waals surface area contributed by atoms with Crippen LogP contribution in [0.4, 0.5) is 21.7 Å². The molecular weight excluding hydrogens is 219 g/mol. The summed E-state index contributed by atoms with van der Waals surface area (Å²) in [5.41, 5.74) is 7.80. The van der Waals surface area contributed by atoms with E-state index in [-0.39, 0.29) is 5.82 Å². The molecule has 4 nitrogen and oxygen atoms in total. The Kier molecular flexibility index (Phi) is 2.91. The zero-order valence-corrected chi connectivity index (χ0v) is 9.66. The third-order valence-corrected chi connectivity index (χ3v) is 2.54.